The Labute approximate surface area is 163 Å². The number of hydrogen-bond donors (Lipinski definition) is 1. The second-order valence-electron chi connectivity index (χ2n) is 7.72. The third-order valence-electron chi connectivity index (χ3n) is 4.77. The Hall–Kier alpha value is -2.28. The van der Waals surface area contributed by atoms with Crippen molar-refractivity contribution in [3.05, 3.63) is 23.0 Å². The van der Waals surface area contributed by atoms with Crippen LogP contribution in [0.5, 0.6) is 0 Å². The normalized spacial score (nSPS) is 15.9. The van der Waals surface area contributed by atoms with Gasteiger partial charge in [0.05, 0.1) is 22.0 Å². The van der Waals surface area contributed by atoms with E-state index in [0.29, 0.717) is 11.0 Å². The van der Waals surface area contributed by atoms with Crippen molar-refractivity contribution >= 4 is 33.8 Å². The van der Waals surface area contributed by atoms with Crippen molar-refractivity contribution in [2.75, 3.05) is 5.32 Å². The first kappa shape index (κ1) is 18.1. The Morgan fingerprint density at radius 1 is 1.37 bits per heavy atom. The molecule has 0 fully saturated rings. The van der Waals surface area contributed by atoms with Crippen LogP contribution in [0.3, 0.4) is 0 Å². The highest BCUT2D eigenvalue weighted by Crippen LogP contribution is 2.42. The molecular weight excluding hydrogens is 358 g/mol. The van der Waals surface area contributed by atoms with Crippen LogP contribution >= 0.6 is 11.3 Å². The minimum atomic E-state index is -0.0866. The van der Waals surface area contributed by atoms with E-state index in [-0.39, 0.29) is 5.91 Å². The minimum absolute atomic E-state index is 0.0866. The molecule has 0 spiro atoms. The number of carbonyl (C=O) groups excluding carboxylic acids is 1. The largest absolute Gasteiger partial charge is 0.302 e. The number of rotatable bonds is 4. The van der Waals surface area contributed by atoms with Crippen molar-refractivity contribution in [2.24, 2.45) is 10.9 Å². The predicted molar refractivity (Wildman–Crippen MR) is 110 cm³/mol. The fourth-order valence-corrected chi connectivity index (χ4v) is 4.84. The molecule has 6 nitrogen and oxygen atoms in total. The van der Waals surface area contributed by atoms with Crippen LogP contribution in [-0.2, 0) is 24.2 Å². The van der Waals surface area contributed by atoms with Gasteiger partial charge in [0.2, 0.25) is 5.91 Å². The Balaban J connectivity index is 1.88. The molecular formula is C20H25N5OS. The molecule has 2 aromatic heterocycles. The van der Waals surface area contributed by atoms with Gasteiger partial charge >= 0.3 is 0 Å². The fraction of sp³-hybridized carbons (Fsp3) is 0.500. The summed E-state index contributed by atoms with van der Waals surface area (Å²) in [6.45, 7) is 8.85. The lowest BCUT2D eigenvalue weighted by molar-refractivity contribution is -0.114. The summed E-state index contributed by atoms with van der Waals surface area (Å²) < 4.78 is 2.14. The Morgan fingerprint density at radius 3 is 2.85 bits per heavy atom. The lowest BCUT2D eigenvalue weighted by Gasteiger charge is -2.09. The molecule has 0 aromatic carbocycles. The number of allylic oxidation sites excluding steroid dienone is 1. The molecule has 2 aromatic rings. The molecule has 1 N–H and O–H groups in total. The third kappa shape index (κ3) is 3.48. The van der Waals surface area contributed by atoms with Crippen molar-refractivity contribution in [2.45, 2.75) is 59.9 Å². The maximum atomic E-state index is 11.5. The Kier molecular flexibility index (Phi) is 4.72. The first-order valence-electron chi connectivity index (χ1n) is 9.54. The summed E-state index contributed by atoms with van der Waals surface area (Å²) in [6.07, 6.45) is 6.01. The minimum Gasteiger partial charge on any atom is -0.302 e. The number of nitrogens with one attached hydrogen (secondary N) is 1. The molecule has 1 amide bonds. The Bertz CT molecular complexity index is 963. The molecule has 1 aliphatic carbocycles. The van der Waals surface area contributed by atoms with E-state index in [1.807, 2.05) is 0 Å². The van der Waals surface area contributed by atoms with Gasteiger partial charge in [-0.05, 0) is 32.1 Å². The molecule has 0 bridgehead atoms. The zero-order chi connectivity index (χ0) is 19.1. The molecule has 0 unspecified atom stereocenters. The monoisotopic (exact) mass is 383 g/mol. The maximum absolute atomic E-state index is 11.5. The van der Waals surface area contributed by atoms with Crippen LogP contribution in [0.2, 0.25) is 0 Å². The zero-order valence-corrected chi connectivity index (χ0v) is 17.1. The van der Waals surface area contributed by atoms with Gasteiger partial charge in [-0.2, -0.15) is 5.10 Å². The highest BCUT2D eigenvalue weighted by atomic mass is 32.1. The van der Waals surface area contributed by atoms with Gasteiger partial charge < -0.3 is 5.32 Å². The molecule has 0 radical (unpaired) electrons. The van der Waals surface area contributed by atoms with Crippen LogP contribution < -0.4 is 5.32 Å². The van der Waals surface area contributed by atoms with Crippen LogP contribution in [0.4, 0.5) is 5.13 Å². The van der Waals surface area contributed by atoms with E-state index in [1.165, 1.54) is 18.2 Å². The van der Waals surface area contributed by atoms with Crippen LogP contribution in [0.1, 0.15) is 57.5 Å². The second kappa shape index (κ2) is 7.03. The topological polar surface area (TPSA) is 72.2 Å². The summed E-state index contributed by atoms with van der Waals surface area (Å²) in [5, 5.41) is 8.51. The van der Waals surface area contributed by atoms with Gasteiger partial charge in [0.15, 0.2) is 5.13 Å². The van der Waals surface area contributed by atoms with Crippen molar-refractivity contribution < 1.29 is 4.79 Å². The third-order valence-corrected chi connectivity index (χ3v) is 5.79. The summed E-state index contributed by atoms with van der Waals surface area (Å²) in [4.78, 5) is 22.0. The molecule has 2 aliphatic rings. The maximum Gasteiger partial charge on any atom is 0.223 e. The molecule has 0 atom stereocenters. The average Bonchev–Trinajstić information content (AvgIpc) is 3.22. The van der Waals surface area contributed by atoms with Gasteiger partial charge in [-0.1, -0.05) is 31.3 Å². The summed E-state index contributed by atoms with van der Waals surface area (Å²) in [6, 6.07) is 0. The summed E-state index contributed by atoms with van der Waals surface area (Å²) in [5.74, 6) is 0.399. The molecule has 4 rings (SSSR count). The summed E-state index contributed by atoms with van der Waals surface area (Å²) >= 11 is 1.56. The quantitative estimate of drug-likeness (QED) is 0.855. The second-order valence-corrected chi connectivity index (χ2v) is 8.72. The number of aromatic nitrogens is 3. The number of hydrogen-bond acceptors (Lipinski definition) is 5. The number of nitrogens with zero attached hydrogens (tertiary/aromatic N) is 4. The van der Waals surface area contributed by atoms with Crippen LogP contribution in [0.25, 0.3) is 16.3 Å². The number of anilines is 1. The van der Waals surface area contributed by atoms with Crippen LogP contribution in [0, 0.1) is 5.92 Å². The van der Waals surface area contributed by atoms with Crippen LogP contribution in [-0.4, -0.2) is 26.4 Å². The predicted octanol–water partition coefficient (Wildman–Crippen LogP) is 4.32. The number of carbonyl (C=O) groups is 1. The van der Waals surface area contributed by atoms with Crippen molar-refractivity contribution in [3.8, 4) is 10.6 Å². The molecule has 1 aliphatic heterocycles. The van der Waals surface area contributed by atoms with Crippen molar-refractivity contribution in [3.63, 3.8) is 0 Å². The van der Waals surface area contributed by atoms with Gasteiger partial charge in [-0.15, -0.1) is 0 Å². The zero-order valence-electron chi connectivity index (χ0n) is 16.3. The number of thiazole rings is 1. The SMILES string of the molecule is CC(=O)Nc1nc2c(s1)-c1c(c(C3=CCC(C)=N3)nn1CC(C)C)CCC2. The van der Waals surface area contributed by atoms with Crippen molar-refractivity contribution in [1.29, 1.82) is 0 Å². The lowest BCUT2D eigenvalue weighted by atomic mass is 10.1. The molecule has 3 heterocycles. The number of aryl methyl sites for hydroxylation is 1. The van der Waals surface area contributed by atoms with E-state index in [9.17, 15) is 4.79 Å². The standard InChI is InChI=1S/C20H25N5OS/c1-11(2)10-25-18-14(17(24-25)15-9-8-12(3)21-15)6-5-7-16-19(18)27-20(23-16)22-13(4)26/h9,11H,5-8,10H2,1-4H3,(H,22,23,26). The van der Waals surface area contributed by atoms with Gasteiger partial charge in [-0.25, -0.2) is 4.98 Å². The first-order chi connectivity index (χ1) is 12.9. The van der Waals surface area contributed by atoms with E-state index in [4.69, 9.17) is 15.1 Å². The molecule has 142 valence electrons. The fourth-order valence-electron chi connectivity index (χ4n) is 3.71. The molecule has 0 saturated carbocycles. The Morgan fingerprint density at radius 2 is 2.19 bits per heavy atom. The highest BCUT2D eigenvalue weighted by Gasteiger charge is 2.29. The first-order valence-corrected chi connectivity index (χ1v) is 10.4. The molecule has 27 heavy (non-hydrogen) atoms. The van der Waals surface area contributed by atoms with E-state index >= 15 is 0 Å². The van der Waals surface area contributed by atoms with Gasteiger partial charge in [0.1, 0.15) is 5.69 Å². The van der Waals surface area contributed by atoms with E-state index < -0.39 is 0 Å². The van der Waals surface area contributed by atoms with Crippen molar-refractivity contribution in [1.82, 2.24) is 14.8 Å². The molecule has 0 saturated heterocycles. The highest BCUT2D eigenvalue weighted by molar-refractivity contribution is 7.19. The number of amides is 1. The van der Waals surface area contributed by atoms with Gasteiger partial charge in [0.25, 0.3) is 0 Å². The number of aliphatic imine (C=N–C) groups is 1. The summed E-state index contributed by atoms with van der Waals surface area (Å²) in [7, 11) is 0. The average molecular weight is 384 g/mol. The number of fused-ring (bicyclic) bond motifs is 3. The van der Waals surface area contributed by atoms with Gasteiger partial charge in [-0.3, -0.25) is 14.5 Å². The van der Waals surface area contributed by atoms with E-state index in [1.54, 1.807) is 11.3 Å². The molecule has 7 heteroatoms. The van der Waals surface area contributed by atoms with E-state index in [0.717, 1.165) is 59.9 Å². The summed E-state index contributed by atoms with van der Waals surface area (Å²) in [5.41, 5.74) is 6.67. The van der Waals surface area contributed by atoms with Gasteiger partial charge in [0, 0.05) is 31.2 Å². The van der Waals surface area contributed by atoms with E-state index in [2.05, 4.69) is 36.8 Å². The smallest absolute Gasteiger partial charge is 0.223 e. The lowest BCUT2D eigenvalue weighted by Crippen LogP contribution is -2.08. The van der Waals surface area contributed by atoms with Crippen LogP contribution in [0.15, 0.2) is 11.1 Å².